The van der Waals surface area contributed by atoms with Crippen molar-refractivity contribution in [1.82, 2.24) is 4.90 Å². The molecule has 0 spiro atoms. The van der Waals surface area contributed by atoms with Crippen LogP contribution in [0.1, 0.15) is 34.1 Å². The molecule has 0 radical (unpaired) electrons. The molecule has 0 fully saturated rings. The molecule has 5 nitrogen and oxygen atoms in total. The van der Waals surface area contributed by atoms with Crippen LogP contribution in [0.25, 0.3) is 0 Å². The maximum absolute atomic E-state index is 12.0. The van der Waals surface area contributed by atoms with E-state index in [1.54, 1.807) is 11.8 Å². The average Bonchev–Trinajstić information content (AvgIpc) is 2.22. The van der Waals surface area contributed by atoms with Crippen molar-refractivity contribution in [3.8, 4) is 0 Å². The van der Waals surface area contributed by atoms with Crippen LogP contribution in [0, 0.1) is 5.92 Å². The van der Waals surface area contributed by atoms with E-state index in [0.717, 1.165) is 0 Å². The Bertz CT molecular complexity index is 253. The number of carbonyl (C=O) groups excluding carboxylic acids is 1. The van der Waals surface area contributed by atoms with Gasteiger partial charge < -0.3 is 14.7 Å². The first-order valence-electron chi connectivity index (χ1n) is 6.00. The van der Waals surface area contributed by atoms with Crippen molar-refractivity contribution in [3.63, 3.8) is 0 Å². The van der Waals surface area contributed by atoms with Gasteiger partial charge in [-0.25, -0.2) is 0 Å². The number of hydrogen-bond acceptors (Lipinski definition) is 3. The minimum absolute atomic E-state index is 0.0305. The summed E-state index contributed by atoms with van der Waals surface area (Å²) in [7, 11) is 0. The molecular weight excluding hydrogens is 222 g/mol. The number of amides is 1. The first kappa shape index (κ1) is 15.9. The first-order chi connectivity index (χ1) is 7.88. The lowest BCUT2D eigenvalue weighted by atomic mass is 10.2. The van der Waals surface area contributed by atoms with Gasteiger partial charge in [-0.05, 0) is 19.8 Å². The summed E-state index contributed by atoms with van der Waals surface area (Å²) in [5, 5.41) is 8.65. The Hall–Kier alpha value is -1.10. The van der Waals surface area contributed by atoms with E-state index in [9.17, 15) is 9.59 Å². The van der Waals surface area contributed by atoms with Crippen LogP contribution in [0.2, 0.25) is 0 Å². The smallest absolute Gasteiger partial charge is 0.305 e. The van der Waals surface area contributed by atoms with Gasteiger partial charge in [0.2, 0.25) is 0 Å². The predicted molar refractivity (Wildman–Crippen MR) is 64.8 cm³/mol. The number of carbonyl (C=O) groups is 2. The van der Waals surface area contributed by atoms with E-state index in [-0.39, 0.29) is 18.9 Å². The lowest BCUT2D eigenvalue weighted by Crippen LogP contribution is -2.42. The highest BCUT2D eigenvalue weighted by Gasteiger charge is 2.21. The fourth-order valence-electron chi connectivity index (χ4n) is 1.54. The molecular formula is C12H23NO4. The summed E-state index contributed by atoms with van der Waals surface area (Å²) in [6.07, 6.45) is -0.537. The van der Waals surface area contributed by atoms with Gasteiger partial charge in [0.25, 0.3) is 5.91 Å². The van der Waals surface area contributed by atoms with Gasteiger partial charge in [0.05, 0.1) is 6.42 Å². The Morgan fingerprint density at radius 2 is 1.88 bits per heavy atom. The molecule has 17 heavy (non-hydrogen) atoms. The van der Waals surface area contributed by atoms with Gasteiger partial charge in [-0.1, -0.05) is 13.8 Å². The van der Waals surface area contributed by atoms with E-state index >= 15 is 0 Å². The molecule has 0 aliphatic carbocycles. The zero-order chi connectivity index (χ0) is 13.4. The fourth-order valence-corrected chi connectivity index (χ4v) is 1.54. The third-order valence-corrected chi connectivity index (χ3v) is 2.26. The SMILES string of the molecule is CCOC(C)C(=O)N(CCC(=O)O)CC(C)C. The Labute approximate surface area is 103 Å². The molecule has 1 N–H and O–H groups in total. The first-order valence-corrected chi connectivity index (χ1v) is 6.00. The van der Waals surface area contributed by atoms with Gasteiger partial charge in [0, 0.05) is 19.7 Å². The van der Waals surface area contributed by atoms with Gasteiger partial charge in [0.1, 0.15) is 6.10 Å². The standard InChI is InChI=1S/C12H23NO4/c1-5-17-10(4)12(16)13(8-9(2)3)7-6-11(14)15/h9-10H,5-8H2,1-4H3,(H,14,15). The highest BCUT2D eigenvalue weighted by molar-refractivity contribution is 5.81. The molecule has 0 aliphatic heterocycles. The molecule has 100 valence electrons. The number of aliphatic carboxylic acids is 1. The van der Waals surface area contributed by atoms with E-state index in [1.165, 1.54) is 0 Å². The van der Waals surface area contributed by atoms with E-state index in [2.05, 4.69) is 0 Å². The average molecular weight is 245 g/mol. The molecule has 1 unspecified atom stereocenters. The second kappa shape index (κ2) is 8.06. The van der Waals surface area contributed by atoms with Crippen molar-refractivity contribution in [1.29, 1.82) is 0 Å². The van der Waals surface area contributed by atoms with Crippen LogP contribution in [0.3, 0.4) is 0 Å². The van der Waals surface area contributed by atoms with Gasteiger partial charge in [-0.2, -0.15) is 0 Å². The summed E-state index contributed by atoms with van der Waals surface area (Å²) in [5.74, 6) is -0.723. The van der Waals surface area contributed by atoms with Crippen molar-refractivity contribution >= 4 is 11.9 Å². The third-order valence-electron chi connectivity index (χ3n) is 2.26. The molecule has 0 bridgehead atoms. The van der Waals surface area contributed by atoms with E-state index in [0.29, 0.717) is 19.1 Å². The monoisotopic (exact) mass is 245 g/mol. The van der Waals surface area contributed by atoms with Crippen molar-refractivity contribution < 1.29 is 19.4 Å². The zero-order valence-electron chi connectivity index (χ0n) is 11.1. The quantitative estimate of drug-likeness (QED) is 0.701. The molecule has 0 aromatic carbocycles. The Morgan fingerprint density at radius 3 is 2.29 bits per heavy atom. The topological polar surface area (TPSA) is 66.8 Å². The number of nitrogens with zero attached hydrogens (tertiary/aromatic N) is 1. The molecule has 0 aliphatic rings. The van der Waals surface area contributed by atoms with Crippen LogP contribution >= 0.6 is 0 Å². The summed E-state index contributed by atoms with van der Waals surface area (Å²) in [6.45, 7) is 8.78. The molecule has 0 aromatic heterocycles. The number of hydrogen-bond donors (Lipinski definition) is 1. The second-order valence-electron chi connectivity index (χ2n) is 4.42. The van der Waals surface area contributed by atoms with Crippen molar-refractivity contribution in [2.75, 3.05) is 19.7 Å². The van der Waals surface area contributed by atoms with Crippen LogP contribution in [0.5, 0.6) is 0 Å². The van der Waals surface area contributed by atoms with E-state index in [4.69, 9.17) is 9.84 Å². The number of carboxylic acid groups (broad SMARTS) is 1. The molecule has 0 saturated heterocycles. The lowest BCUT2D eigenvalue weighted by molar-refractivity contribution is -0.144. The molecule has 0 heterocycles. The molecule has 1 atom stereocenters. The molecule has 0 aromatic rings. The van der Waals surface area contributed by atoms with Gasteiger partial charge in [-0.15, -0.1) is 0 Å². The van der Waals surface area contributed by atoms with Crippen molar-refractivity contribution in [2.45, 2.75) is 40.2 Å². The number of rotatable bonds is 8. The summed E-state index contributed by atoms with van der Waals surface area (Å²) >= 11 is 0. The van der Waals surface area contributed by atoms with E-state index in [1.807, 2.05) is 20.8 Å². The summed E-state index contributed by atoms with van der Waals surface area (Å²) in [5.41, 5.74) is 0. The summed E-state index contributed by atoms with van der Waals surface area (Å²) < 4.78 is 5.23. The van der Waals surface area contributed by atoms with Gasteiger partial charge in [-0.3, -0.25) is 9.59 Å². The van der Waals surface area contributed by atoms with Gasteiger partial charge in [0.15, 0.2) is 0 Å². The number of carboxylic acids is 1. The van der Waals surface area contributed by atoms with Crippen molar-refractivity contribution in [2.24, 2.45) is 5.92 Å². The van der Waals surface area contributed by atoms with Crippen LogP contribution in [-0.4, -0.2) is 47.7 Å². The molecule has 5 heteroatoms. The minimum atomic E-state index is -0.893. The highest BCUT2D eigenvalue weighted by Crippen LogP contribution is 2.05. The van der Waals surface area contributed by atoms with Gasteiger partial charge >= 0.3 is 5.97 Å². The second-order valence-corrected chi connectivity index (χ2v) is 4.42. The van der Waals surface area contributed by atoms with Crippen LogP contribution in [0.4, 0.5) is 0 Å². The van der Waals surface area contributed by atoms with Crippen LogP contribution in [0.15, 0.2) is 0 Å². The molecule has 1 amide bonds. The van der Waals surface area contributed by atoms with Crippen LogP contribution in [-0.2, 0) is 14.3 Å². The maximum Gasteiger partial charge on any atom is 0.305 e. The maximum atomic E-state index is 12.0. The summed E-state index contributed by atoms with van der Waals surface area (Å²) in [6, 6.07) is 0. The summed E-state index contributed by atoms with van der Waals surface area (Å²) in [4.78, 5) is 24.1. The molecule has 0 rings (SSSR count). The Balaban J connectivity index is 4.43. The zero-order valence-corrected chi connectivity index (χ0v) is 11.1. The normalized spacial score (nSPS) is 12.5. The number of ether oxygens (including phenoxy) is 1. The Morgan fingerprint density at radius 1 is 1.29 bits per heavy atom. The molecule has 0 saturated carbocycles. The van der Waals surface area contributed by atoms with Crippen molar-refractivity contribution in [3.05, 3.63) is 0 Å². The largest absolute Gasteiger partial charge is 0.481 e. The predicted octanol–water partition coefficient (Wildman–Crippen LogP) is 1.37. The minimum Gasteiger partial charge on any atom is -0.481 e. The Kier molecular flexibility index (Phi) is 7.54. The fraction of sp³-hybridized carbons (Fsp3) is 0.833. The lowest BCUT2D eigenvalue weighted by Gasteiger charge is -2.26. The van der Waals surface area contributed by atoms with Crippen LogP contribution < -0.4 is 0 Å². The van der Waals surface area contributed by atoms with E-state index < -0.39 is 12.1 Å². The third kappa shape index (κ3) is 6.94. The highest BCUT2D eigenvalue weighted by atomic mass is 16.5.